The molecule has 0 aliphatic carbocycles. The first-order chi connectivity index (χ1) is 7.97. The summed E-state index contributed by atoms with van der Waals surface area (Å²) in [7, 11) is -3.58. The zero-order valence-electron chi connectivity index (χ0n) is 9.76. The monoisotopic (exact) mass is 261 g/mol. The van der Waals surface area contributed by atoms with Gasteiger partial charge in [0.15, 0.2) is 0 Å². The van der Waals surface area contributed by atoms with Gasteiger partial charge in [-0.25, -0.2) is 13.6 Å². The molecule has 1 atom stereocenters. The molecule has 2 aliphatic heterocycles. The lowest BCUT2D eigenvalue weighted by Crippen LogP contribution is -2.38. The van der Waals surface area contributed by atoms with Crippen LogP contribution >= 0.6 is 0 Å². The number of likely N-dealkylation sites (tertiary alicyclic amines) is 1. The third kappa shape index (κ3) is 3.17. The van der Waals surface area contributed by atoms with Gasteiger partial charge in [-0.1, -0.05) is 0 Å². The van der Waals surface area contributed by atoms with Gasteiger partial charge in [0.25, 0.3) is 0 Å². The highest BCUT2D eigenvalue weighted by atomic mass is 32.2. The topological polar surface area (TPSA) is 92.5 Å². The largest absolute Gasteiger partial charge is 0.341 e. The van der Waals surface area contributed by atoms with Crippen molar-refractivity contribution in [3.63, 3.8) is 0 Å². The highest BCUT2D eigenvalue weighted by Gasteiger charge is 2.37. The second-order valence-electron chi connectivity index (χ2n) is 4.91. The number of carbonyl (C=O) groups excluding carboxylic acids is 1. The van der Waals surface area contributed by atoms with Gasteiger partial charge < -0.3 is 10.2 Å². The van der Waals surface area contributed by atoms with Crippen molar-refractivity contribution in [2.24, 2.45) is 11.1 Å². The Labute approximate surface area is 102 Å². The van der Waals surface area contributed by atoms with Crippen LogP contribution in [0.1, 0.15) is 19.3 Å². The summed E-state index contributed by atoms with van der Waals surface area (Å²) in [4.78, 5) is 13.4. The second kappa shape index (κ2) is 4.91. The quantitative estimate of drug-likeness (QED) is 0.673. The molecular formula is C10H19N3O3S. The zero-order valence-corrected chi connectivity index (χ0v) is 10.6. The number of hydrogen-bond donors (Lipinski definition) is 2. The minimum absolute atomic E-state index is 0.0454. The maximum Gasteiger partial charge on any atom is 0.224 e. The summed E-state index contributed by atoms with van der Waals surface area (Å²) < 4.78 is 22.4. The Bertz CT molecular complexity index is 390. The average molecular weight is 261 g/mol. The Kier molecular flexibility index (Phi) is 3.70. The number of rotatable bonds is 3. The molecule has 2 saturated heterocycles. The number of carbonyl (C=O) groups is 1. The lowest BCUT2D eigenvalue weighted by molar-refractivity contribution is -0.128. The van der Waals surface area contributed by atoms with Crippen LogP contribution in [0.5, 0.6) is 0 Å². The number of nitrogens with two attached hydrogens (primary N) is 1. The zero-order chi connectivity index (χ0) is 12.5. The van der Waals surface area contributed by atoms with E-state index in [1.54, 1.807) is 4.90 Å². The minimum atomic E-state index is -3.58. The number of hydrogen-bond acceptors (Lipinski definition) is 4. The first-order valence-electron chi connectivity index (χ1n) is 5.97. The van der Waals surface area contributed by atoms with E-state index in [1.807, 2.05) is 0 Å². The summed E-state index contributed by atoms with van der Waals surface area (Å²) in [5, 5.41) is 7.63. The predicted octanol–water partition coefficient (Wildman–Crippen LogP) is -1.12. The van der Waals surface area contributed by atoms with Crippen LogP contribution in [-0.4, -0.2) is 50.7 Å². The van der Waals surface area contributed by atoms with Crippen molar-refractivity contribution in [1.82, 2.24) is 10.2 Å². The van der Waals surface area contributed by atoms with Gasteiger partial charge in [-0.15, -0.1) is 0 Å². The van der Waals surface area contributed by atoms with Crippen LogP contribution < -0.4 is 10.5 Å². The Balaban J connectivity index is 1.92. The van der Waals surface area contributed by atoms with Gasteiger partial charge in [-0.3, -0.25) is 4.79 Å². The lowest BCUT2D eigenvalue weighted by atomic mass is 9.98. The molecular weight excluding hydrogens is 242 g/mol. The number of piperidine rings is 1. The summed E-state index contributed by atoms with van der Waals surface area (Å²) in [6.45, 7) is 2.89. The summed E-state index contributed by atoms with van der Waals surface area (Å²) in [5.41, 5.74) is 0. The van der Waals surface area contributed by atoms with Crippen LogP contribution in [0, 0.1) is 5.92 Å². The van der Waals surface area contributed by atoms with E-state index in [2.05, 4.69) is 5.32 Å². The summed E-state index contributed by atoms with van der Waals surface area (Å²) in [5.74, 6) is 0.405. The molecule has 7 heteroatoms. The molecule has 2 heterocycles. The van der Waals surface area contributed by atoms with Crippen molar-refractivity contribution >= 4 is 15.9 Å². The fourth-order valence-corrected chi connectivity index (χ4v) is 3.27. The van der Waals surface area contributed by atoms with Crippen molar-refractivity contribution in [2.45, 2.75) is 24.5 Å². The fourth-order valence-electron chi connectivity index (χ4n) is 2.51. The average Bonchev–Trinajstić information content (AvgIpc) is 2.62. The number of nitrogens with zero attached hydrogens (tertiary/aromatic N) is 1. The fraction of sp³-hybridized carbons (Fsp3) is 0.900. The van der Waals surface area contributed by atoms with Gasteiger partial charge >= 0.3 is 0 Å². The number of nitrogens with one attached hydrogen (secondary N) is 1. The summed E-state index contributed by atoms with van der Waals surface area (Å²) in [6.07, 6.45) is 2.14. The molecule has 0 saturated carbocycles. The Morgan fingerprint density at radius 2 is 2.00 bits per heavy atom. The molecule has 2 aliphatic rings. The van der Waals surface area contributed by atoms with Crippen LogP contribution in [0.15, 0.2) is 0 Å². The molecule has 0 bridgehead atoms. The van der Waals surface area contributed by atoms with E-state index in [0.29, 0.717) is 12.5 Å². The summed E-state index contributed by atoms with van der Waals surface area (Å²) in [6, 6.07) is 0. The Morgan fingerprint density at radius 3 is 2.53 bits per heavy atom. The number of amides is 1. The first-order valence-corrected chi connectivity index (χ1v) is 7.58. The van der Waals surface area contributed by atoms with Crippen LogP contribution in [-0.2, 0) is 14.8 Å². The maximum absolute atomic E-state index is 11.7. The van der Waals surface area contributed by atoms with Gasteiger partial charge in [0.1, 0.15) is 5.25 Å². The van der Waals surface area contributed by atoms with Crippen LogP contribution in [0.4, 0.5) is 0 Å². The molecule has 2 fully saturated rings. The van der Waals surface area contributed by atoms with Gasteiger partial charge in [0.2, 0.25) is 15.9 Å². The molecule has 2 rings (SSSR count). The standard InChI is InChI=1S/C10H19N3O3S/c11-17(15,16)9-5-10(14)13(7-9)6-8-1-3-12-4-2-8/h8-9,12H,1-7H2,(H2,11,15,16). The minimum Gasteiger partial charge on any atom is -0.341 e. The lowest BCUT2D eigenvalue weighted by Gasteiger charge is -2.27. The maximum atomic E-state index is 11.7. The third-order valence-electron chi connectivity index (χ3n) is 3.58. The molecule has 6 nitrogen and oxygen atoms in total. The van der Waals surface area contributed by atoms with Crippen LogP contribution in [0.25, 0.3) is 0 Å². The Hall–Kier alpha value is -0.660. The molecule has 0 radical (unpaired) electrons. The number of primary sulfonamides is 1. The van der Waals surface area contributed by atoms with E-state index >= 15 is 0 Å². The summed E-state index contributed by atoms with van der Waals surface area (Å²) >= 11 is 0. The van der Waals surface area contributed by atoms with Crippen molar-refractivity contribution < 1.29 is 13.2 Å². The third-order valence-corrected chi connectivity index (χ3v) is 4.83. The molecule has 98 valence electrons. The molecule has 0 aromatic carbocycles. The van der Waals surface area contributed by atoms with E-state index in [1.165, 1.54) is 0 Å². The second-order valence-corrected chi connectivity index (χ2v) is 6.75. The van der Waals surface area contributed by atoms with Crippen molar-refractivity contribution in [3.05, 3.63) is 0 Å². The molecule has 0 aromatic heterocycles. The van der Waals surface area contributed by atoms with Crippen molar-refractivity contribution in [3.8, 4) is 0 Å². The van der Waals surface area contributed by atoms with Crippen LogP contribution in [0.3, 0.4) is 0 Å². The van der Waals surface area contributed by atoms with E-state index in [-0.39, 0.29) is 18.9 Å². The van der Waals surface area contributed by atoms with E-state index in [0.717, 1.165) is 25.9 Å². The predicted molar refractivity (Wildman–Crippen MR) is 63.7 cm³/mol. The SMILES string of the molecule is NS(=O)(=O)C1CC(=O)N(CC2CCNCC2)C1. The molecule has 17 heavy (non-hydrogen) atoms. The molecule has 0 spiro atoms. The highest BCUT2D eigenvalue weighted by Crippen LogP contribution is 2.21. The van der Waals surface area contributed by atoms with E-state index in [9.17, 15) is 13.2 Å². The normalized spacial score (nSPS) is 27.7. The number of sulfonamides is 1. The van der Waals surface area contributed by atoms with Crippen LogP contribution in [0.2, 0.25) is 0 Å². The molecule has 0 aromatic rings. The molecule has 3 N–H and O–H groups in total. The van der Waals surface area contributed by atoms with Gasteiger partial charge in [0.05, 0.1) is 0 Å². The smallest absolute Gasteiger partial charge is 0.224 e. The van der Waals surface area contributed by atoms with E-state index in [4.69, 9.17) is 5.14 Å². The first kappa shape index (κ1) is 12.8. The molecule has 1 amide bonds. The van der Waals surface area contributed by atoms with E-state index < -0.39 is 15.3 Å². The van der Waals surface area contributed by atoms with Crippen molar-refractivity contribution in [1.29, 1.82) is 0 Å². The van der Waals surface area contributed by atoms with Gasteiger partial charge in [-0.05, 0) is 31.8 Å². The van der Waals surface area contributed by atoms with Crippen molar-refractivity contribution in [2.75, 3.05) is 26.2 Å². The highest BCUT2D eigenvalue weighted by molar-refractivity contribution is 7.89. The van der Waals surface area contributed by atoms with Gasteiger partial charge in [-0.2, -0.15) is 0 Å². The molecule has 1 unspecified atom stereocenters. The van der Waals surface area contributed by atoms with Gasteiger partial charge in [0, 0.05) is 19.5 Å². The Morgan fingerprint density at radius 1 is 1.35 bits per heavy atom.